The number of esters is 1. The lowest BCUT2D eigenvalue weighted by Gasteiger charge is -2.26. The number of benzene rings is 3. The van der Waals surface area contributed by atoms with Crippen molar-refractivity contribution in [3.8, 4) is 23.3 Å². The molecule has 0 spiro atoms. The van der Waals surface area contributed by atoms with E-state index in [-0.39, 0.29) is 24.2 Å². The maximum Gasteiger partial charge on any atom is 0.349 e. The molecule has 0 saturated carbocycles. The predicted molar refractivity (Wildman–Crippen MR) is 127 cm³/mol. The quantitative estimate of drug-likeness (QED) is 0.293. The van der Waals surface area contributed by atoms with Crippen LogP contribution < -0.4 is 19.9 Å². The number of carbonyl (C=O) groups is 1. The van der Waals surface area contributed by atoms with Gasteiger partial charge in [0.2, 0.25) is 5.88 Å². The number of nitrogens with zero attached hydrogens (tertiary/aromatic N) is 1. The predicted octanol–water partition coefficient (Wildman–Crippen LogP) is 5.26. The molecule has 0 amide bonds. The SMILES string of the molecule is CSc1ccc(C2C(C#N)=C(N)Oc3cc(OC(=O)COc4cccc(Cl)c4)ccc32)cc1. The number of nitriles is 1. The third kappa shape index (κ3) is 5.08. The number of carbonyl (C=O) groups excluding carboxylic acids is 1. The lowest BCUT2D eigenvalue weighted by molar-refractivity contribution is -0.136. The van der Waals surface area contributed by atoms with Crippen molar-refractivity contribution >= 4 is 29.3 Å². The van der Waals surface area contributed by atoms with Gasteiger partial charge >= 0.3 is 5.97 Å². The molecule has 4 rings (SSSR count). The van der Waals surface area contributed by atoms with Crippen molar-refractivity contribution in [1.29, 1.82) is 5.26 Å². The molecule has 1 unspecified atom stereocenters. The molecule has 0 aliphatic carbocycles. The van der Waals surface area contributed by atoms with E-state index in [2.05, 4.69) is 6.07 Å². The van der Waals surface area contributed by atoms with Crippen molar-refractivity contribution in [2.75, 3.05) is 12.9 Å². The van der Waals surface area contributed by atoms with Crippen molar-refractivity contribution in [2.24, 2.45) is 5.73 Å². The average Bonchev–Trinajstić information content (AvgIpc) is 2.82. The summed E-state index contributed by atoms with van der Waals surface area (Å²) in [6, 6.07) is 21.8. The van der Waals surface area contributed by atoms with Gasteiger partial charge in [-0.25, -0.2) is 4.79 Å². The first-order valence-corrected chi connectivity index (χ1v) is 11.5. The van der Waals surface area contributed by atoms with Crippen LogP contribution in [0.15, 0.2) is 83.1 Å². The van der Waals surface area contributed by atoms with E-state index in [4.69, 9.17) is 31.5 Å². The Morgan fingerprint density at radius 3 is 2.64 bits per heavy atom. The minimum Gasteiger partial charge on any atom is -0.482 e. The van der Waals surface area contributed by atoms with Crippen molar-refractivity contribution < 1.29 is 19.0 Å². The summed E-state index contributed by atoms with van der Waals surface area (Å²) in [5.74, 6) is 0.216. The minimum atomic E-state index is -0.587. The number of thioether (sulfide) groups is 1. The average molecular weight is 479 g/mol. The van der Waals surface area contributed by atoms with E-state index in [9.17, 15) is 10.1 Å². The standard InChI is InChI=1S/C25H19ClN2O4S/c1-33-19-8-5-15(6-9-19)24-20-10-7-18(12-22(20)32-25(28)21(24)13-27)31-23(29)14-30-17-4-2-3-16(26)11-17/h2-12,24H,14,28H2,1H3. The summed E-state index contributed by atoms with van der Waals surface area (Å²) in [5.41, 5.74) is 8.06. The number of hydrogen-bond donors (Lipinski definition) is 1. The molecule has 166 valence electrons. The van der Waals surface area contributed by atoms with E-state index < -0.39 is 5.97 Å². The normalized spacial score (nSPS) is 14.6. The summed E-state index contributed by atoms with van der Waals surface area (Å²) < 4.78 is 16.5. The van der Waals surface area contributed by atoms with E-state index >= 15 is 0 Å². The van der Waals surface area contributed by atoms with Gasteiger partial charge in [0.15, 0.2) is 6.61 Å². The largest absolute Gasteiger partial charge is 0.482 e. The number of allylic oxidation sites excluding steroid dienone is 1. The Morgan fingerprint density at radius 1 is 1.15 bits per heavy atom. The molecule has 1 atom stereocenters. The summed E-state index contributed by atoms with van der Waals surface area (Å²) in [7, 11) is 0. The molecule has 33 heavy (non-hydrogen) atoms. The second-order valence-electron chi connectivity index (χ2n) is 7.12. The van der Waals surface area contributed by atoms with Crippen LogP contribution in [0.1, 0.15) is 17.0 Å². The highest BCUT2D eigenvalue weighted by Gasteiger charge is 2.31. The molecule has 0 fully saturated rings. The van der Waals surface area contributed by atoms with E-state index in [0.29, 0.717) is 22.1 Å². The van der Waals surface area contributed by atoms with E-state index in [1.807, 2.05) is 30.5 Å². The molecule has 0 aromatic heterocycles. The van der Waals surface area contributed by atoms with Gasteiger partial charge in [-0.15, -0.1) is 11.8 Å². The Bertz CT molecular complexity index is 1270. The topological polar surface area (TPSA) is 94.6 Å². The molecule has 8 heteroatoms. The number of halogens is 1. The van der Waals surface area contributed by atoms with Crippen LogP contribution >= 0.6 is 23.4 Å². The van der Waals surface area contributed by atoms with Gasteiger partial charge < -0.3 is 19.9 Å². The molecule has 1 aliphatic heterocycles. The molecular weight excluding hydrogens is 460 g/mol. The maximum absolute atomic E-state index is 12.2. The number of nitrogens with two attached hydrogens (primary N) is 1. The molecule has 1 aliphatic rings. The lowest BCUT2D eigenvalue weighted by Crippen LogP contribution is -2.21. The smallest absolute Gasteiger partial charge is 0.349 e. The third-order valence-corrected chi connectivity index (χ3v) is 6.00. The molecule has 2 N–H and O–H groups in total. The monoisotopic (exact) mass is 478 g/mol. The van der Waals surface area contributed by atoms with E-state index in [1.54, 1.807) is 54.2 Å². The van der Waals surface area contributed by atoms with E-state index in [0.717, 1.165) is 16.0 Å². The Morgan fingerprint density at radius 2 is 1.94 bits per heavy atom. The number of hydrogen-bond acceptors (Lipinski definition) is 7. The van der Waals surface area contributed by atoms with Crippen LogP contribution in [0.2, 0.25) is 5.02 Å². The minimum absolute atomic E-state index is 0.0247. The van der Waals surface area contributed by atoms with Crippen LogP contribution in [0.3, 0.4) is 0 Å². The van der Waals surface area contributed by atoms with Gasteiger partial charge in [0.05, 0.1) is 5.92 Å². The van der Waals surface area contributed by atoms with Crippen LogP contribution in [0, 0.1) is 11.3 Å². The third-order valence-electron chi connectivity index (χ3n) is 5.02. The van der Waals surface area contributed by atoms with Gasteiger partial charge in [0, 0.05) is 21.5 Å². The highest BCUT2D eigenvalue weighted by Crippen LogP contribution is 2.43. The lowest BCUT2D eigenvalue weighted by atomic mass is 9.83. The van der Waals surface area contributed by atoms with Crippen LogP contribution in [0.25, 0.3) is 0 Å². The van der Waals surface area contributed by atoms with Gasteiger partial charge in [-0.1, -0.05) is 35.9 Å². The number of fused-ring (bicyclic) bond motifs is 1. The van der Waals surface area contributed by atoms with Crippen molar-refractivity contribution in [1.82, 2.24) is 0 Å². The molecule has 1 heterocycles. The first-order chi connectivity index (χ1) is 16.0. The van der Waals surface area contributed by atoms with Gasteiger partial charge in [-0.2, -0.15) is 5.26 Å². The van der Waals surface area contributed by atoms with E-state index in [1.165, 1.54) is 0 Å². The fourth-order valence-corrected chi connectivity index (χ4v) is 4.09. The van der Waals surface area contributed by atoms with Crippen LogP contribution in [0.4, 0.5) is 0 Å². The Hall–Kier alpha value is -3.60. The van der Waals surface area contributed by atoms with Gasteiger partial charge in [-0.3, -0.25) is 0 Å². The van der Waals surface area contributed by atoms with Gasteiger partial charge in [-0.05, 0) is 48.2 Å². The first-order valence-electron chi connectivity index (χ1n) is 9.93. The van der Waals surface area contributed by atoms with Crippen LogP contribution in [-0.4, -0.2) is 18.8 Å². The summed E-state index contributed by atoms with van der Waals surface area (Å²) in [4.78, 5) is 13.4. The maximum atomic E-state index is 12.2. The summed E-state index contributed by atoms with van der Waals surface area (Å²) >= 11 is 7.55. The van der Waals surface area contributed by atoms with Crippen molar-refractivity contribution in [2.45, 2.75) is 10.8 Å². The Balaban J connectivity index is 1.54. The second-order valence-corrected chi connectivity index (χ2v) is 8.43. The molecule has 3 aromatic carbocycles. The summed E-state index contributed by atoms with van der Waals surface area (Å²) in [5, 5.41) is 10.2. The molecule has 3 aromatic rings. The molecule has 0 saturated heterocycles. The van der Waals surface area contributed by atoms with Crippen LogP contribution in [0.5, 0.6) is 17.2 Å². The fraction of sp³-hybridized carbons (Fsp3) is 0.120. The van der Waals surface area contributed by atoms with Crippen molar-refractivity contribution in [3.63, 3.8) is 0 Å². The second kappa shape index (κ2) is 9.90. The van der Waals surface area contributed by atoms with Crippen molar-refractivity contribution in [3.05, 3.63) is 94.3 Å². The summed E-state index contributed by atoms with van der Waals surface area (Å²) in [6.45, 7) is -0.288. The zero-order chi connectivity index (χ0) is 23.4. The number of rotatable bonds is 6. The molecular formula is C25H19ClN2O4S. The molecule has 6 nitrogen and oxygen atoms in total. The first kappa shape index (κ1) is 22.6. The zero-order valence-electron chi connectivity index (χ0n) is 17.6. The molecule has 0 radical (unpaired) electrons. The zero-order valence-corrected chi connectivity index (χ0v) is 19.2. The van der Waals surface area contributed by atoms with Gasteiger partial charge in [0.1, 0.15) is 28.9 Å². The fourth-order valence-electron chi connectivity index (χ4n) is 3.50. The highest BCUT2D eigenvalue weighted by atomic mass is 35.5. The Labute approximate surface area is 200 Å². The number of ether oxygens (including phenoxy) is 3. The van der Waals surface area contributed by atoms with Gasteiger partial charge in [0.25, 0.3) is 0 Å². The van der Waals surface area contributed by atoms with Crippen LogP contribution in [-0.2, 0) is 4.79 Å². The highest BCUT2D eigenvalue weighted by molar-refractivity contribution is 7.98. The molecule has 0 bridgehead atoms. The summed E-state index contributed by atoms with van der Waals surface area (Å²) in [6.07, 6.45) is 2.00. The Kier molecular flexibility index (Phi) is 6.78.